The van der Waals surface area contributed by atoms with Crippen molar-refractivity contribution in [3.05, 3.63) is 69.1 Å². The number of hydrogen-bond donors (Lipinski definition) is 1. The first kappa shape index (κ1) is 23.8. The van der Waals surface area contributed by atoms with Crippen LogP contribution in [0.5, 0.6) is 0 Å². The third-order valence-corrected chi connectivity index (χ3v) is 8.49. The lowest BCUT2D eigenvalue weighted by Crippen LogP contribution is -2.45. The summed E-state index contributed by atoms with van der Waals surface area (Å²) < 4.78 is 27.1. The number of benzene rings is 2. The zero-order valence-corrected chi connectivity index (χ0v) is 21.1. The first-order valence-corrected chi connectivity index (χ1v) is 12.9. The molecule has 2 aliphatic carbocycles. The Balaban J connectivity index is 1.21. The highest BCUT2D eigenvalue weighted by atomic mass is 35.5. The second-order valence-corrected chi connectivity index (χ2v) is 10.8. The van der Waals surface area contributed by atoms with Crippen molar-refractivity contribution in [2.24, 2.45) is 5.92 Å². The van der Waals surface area contributed by atoms with Gasteiger partial charge in [0.25, 0.3) is 0 Å². The Morgan fingerprint density at radius 3 is 2.61 bits per heavy atom. The lowest BCUT2D eigenvalue weighted by atomic mass is 9.96. The fourth-order valence-corrected chi connectivity index (χ4v) is 6.55. The molecule has 0 amide bonds. The van der Waals surface area contributed by atoms with Crippen molar-refractivity contribution in [3.63, 3.8) is 0 Å². The summed E-state index contributed by atoms with van der Waals surface area (Å²) >= 11 is 13.0. The number of anilines is 1. The summed E-state index contributed by atoms with van der Waals surface area (Å²) in [6.45, 7) is 2.42. The van der Waals surface area contributed by atoms with Crippen LogP contribution in [0.15, 0.2) is 40.9 Å². The molecular weight excluding hydrogens is 506 g/mol. The van der Waals surface area contributed by atoms with Crippen LogP contribution >= 0.6 is 23.2 Å². The topological polar surface area (TPSA) is 75.8 Å². The molecule has 4 atom stereocenters. The van der Waals surface area contributed by atoms with Crippen molar-refractivity contribution in [1.29, 1.82) is 0 Å². The van der Waals surface area contributed by atoms with Crippen LogP contribution in [0.1, 0.15) is 60.2 Å². The maximum atomic E-state index is 14.8. The Morgan fingerprint density at radius 2 is 1.97 bits per heavy atom. The molecule has 3 aromatic rings. The number of aromatic carboxylic acids is 1. The third-order valence-electron chi connectivity index (χ3n) is 7.86. The Hall–Kier alpha value is -2.61. The molecule has 2 heterocycles. The number of hydrogen-bond acceptors (Lipinski definition) is 5. The van der Waals surface area contributed by atoms with Gasteiger partial charge in [0.2, 0.25) is 0 Å². The van der Waals surface area contributed by atoms with Gasteiger partial charge in [-0.3, -0.25) is 0 Å². The second-order valence-electron chi connectivity index (χ2n) is 10.0. The second kappa shape index (κ2) is 9.05. The summed E-state index contributed by atoms with van der Waals surface area (Å²) in [5.41, 5.74) is 2.58. The van der Waals surface area contributed by atoms with E-state index in [1.807, 2.05) is 0 Å². The first-order valence-electron chi connectivity index (χ1n) is 12.2. The molecule has 1 saturated heterocycles. The highest BCUT2D eigenvalue weighted by Crippen LogP contribution is 2.49. The van der Waals surface area contributed by atoms with E-state index in [1.54, 1.807) is 24.3 Å². The molecule has 2 saturated carbocycles. The van der Waals surface area contributed by atoms with Crippen molar-refractivity contribution in [1.82, 2.24) is 5.16 Å². The molecule has 9 heteroatoms. The van der Waals surface area contributed by atoms with E-state index in [4.69, 9.17) is 37.6 Å². The largest absolute Gasteiger partial charge is 0.478 e. The van der Waals surface area contributed by atoms with Gasteiger partial charge in [-0.2, -0.15) is 0 Å². The van der Waals surface area contributed by atoms with Gasteiger partial charge < -0.3 is 19.3 Å². The Kier molecular flexibility index (Phi) is 5.97. The van der Waals surface area contributed by atoms with Crippen molar-refractivity contribution in [2.75, 3.05) is 4.90 Å². The van der Waals surface area contributed by atoms with Gasteiger partial charge in [0.05, 0.1) is 34.0 Å². The van der Waals surface area contributed by atoms with Gasteiger partial charge in [-0.15, -0.1) is 0 Å². The number of rotatable bonds is 7. The van der Waals surface area contributed by atoms with E-state index < -0.39 is 11.8 Å². The quantitative estimate of drug-likeness (QED) is 0.356. The highest BCUT2D eigenvalue weighted by molar-refractivity contribution is 6.39. The normalized spacial score (nSPS) is 25.1. The van der Waals surface area contributed by atoms with E-state index >= 15 is 0 Å². The molecule has 2 bridgehead atoms. The molecule has 2 aromatic carbocycles. The van der Waals surface area contributed by atoms with E-state index in [1.165, 1.54) is 6.07 Å². The van der Waals surface area contributed by atoms with Crippen LogP contribution < -0.4 is 4.90 Å². The fourth-order valence-electron chi connectivity index (χ4n) is 5.97. The predicted octanol–water partition coefficient (Wildman–Crippen LogP) is 6.94. The maximum Gasteiger partial charge on any atom is 0.335 e. The standard InChI is InChI=1S/C27H25Cl2FN2O4/c1-13-17-10-16(32(13)22-8-7-15(27(33)34)9-21(22)30)11-23(17)35-12-18-25(31-36-26(18)14-5-6-14)24-19(28)3-2-4-20(24)29/h2-4,7-9,13-14,16-17,23H,5-6,10-12H2,1H3,(H,33,34)/t13-,16+,17+,23-/m0/s1. The zero-order chi connectivity index (χ0) is 25.1. The van der Waals surface area contributed by atoms with Crippen LogP contribution in [0.3, 0.4) is 0 Å². The number of fused-ring (bicyclic) bond motifs is 2. The molecule has 0 spiro atoms. The van der Waals surface area contributed by atoms with Gasteiger partial charge in [-0.05, 0) is 62.9 Å². The lowest BCUT2D eigenvalue weighted by Gasteiger charge is -2.39. The number of aromatic nitrogens is 1. The summed E-state index contributed by atoms with van der Waals surface area (Å²) in [6.07, 6.45) is 3.79. The maximum absolute atomic E-state index is 14.8. The SMILES string of the molecule is C[C@H]1[C@H]2C[C@H](C[C@@H]2OCc2c(-c3c(Cl)cccc3Cl)noc2C2CC2)N1c1ccc(C(=O)O)cc1F. The van der Waals surface area contributed by atoms with E-state index in [9.17, 15) is 9.18 Å². The van der Waals surface area contributed by atoms with Crippen LogP contribution in [0, 0.1) is 11.7 Å². The Bertz CT molecular complexity index is 1320. The number of carbonyl (C=O) groups is 1. The summed E-state index contributed by atoms with van der Waals surface area (Å²) in [6, 6.07) is 9.68. The number of nitrogens with zero attached hydrogens (tertiary/aromatic N) is 2. The average molecular weight is 531 g/mol. The molecule has 1 aromatic heterocycles. The van der Waals surface area contributed by atoms with Crippen molar-refractivity contribution < 1.29 is 23.6 Å². The molecule has 6 rings (SSSR count). The number of halogens is 3. The van der Waals surface area contributed by atoms with Gasteiger partial charge in [-0.25, -0.2) is 9.18 Å². The smallest absolute Gasteiger partial charge is 0.335 e. The third kappa shape index (κ3) is 3.98. The van der Waals surface area contributed by atoms with E-state index in [0.29, 0.717) is 39.5 Å². The Labute approximate surface area is 217 Å². The molecular formula is C27H25Cl2FN2O4. The minimum atomic E-state index is -1.14. The van der Waals surface area contributed by atoms with Crippen molar-refractivity contribution >= 4 is 34.9 Å². The monoisotopic (exact) mass is 530 g/mol. The number of carboxylic acid groups (broad SMARTS) is 1. The molecule has 188 valence electrons. The van der Waals surface area contributed by atoms with Gasteiger partial charge in [0.1, 0.15) is 17.3 Å². The summed E-state index contributed by atoms with van der Waals surface area (Å²) in [7, 11) is 0. The number of ether oxygens (including phenoxy) is 1. The lowest BCUT2D eigenvalue weighted by molar-refractivity contribution is 0.00360. The van der Waals surface area contributed by atoms with Crippen LogP contribution in [-0.2, 0) is 11.3 Å². The van der Waals surface area contributed by atoms with E-state index in [2.05, 4.69) is 17.0 Å². The molecule has 3 aliphatic rings. The van der Waals surface area contributed by atoms with Crippen LogP contribution in [0.2, 0.25) is 10.0 Å². The van der Waals surface area contributed by atoms with E-state index in [-0.39, 0.29) is 29.7 Å². The summed E-state index contributed by atoms with van der Waals surface area (Å²) in [5.74, 6) is -0.227. The summed E-state index contributed by atoms with van der Waals surface area (Å²) in [5, 5.41) is 14.5. The zero-order valence-electron chi connectivity index (χ0n) is 19.6. The van der Waals surface area contributed by atoms with Gasteiger partial charge >= 0.3 is 5.97 Å². The number of carboxylic acids is 1. The van der Waals surface area contributed by atoms with E-state index in [0.717, 1.165) is 43.1 Å². The first-order chi connectivity index (χ1) is 17.3. The van der Waals surface area contributed by atoms with Gasteiger partial charge in [-0.1, -0.05) is 34.4 Å². The Morgan fingerprint density at radius 1 is 1.22 bits per heavy atom. The minimum Gasteiger partial charge on any atom is -0.478 e. The van der Waals surface area contributed by atoms with Gasteiger partial charge in [0, 0.05) is 35.0 Å². The molecule has 6 nitrogen and oxygen atoms in total. The predicted molar refractivity (Wildman–Crippen MR) is 134 cm³/mol. The van der Waals surface area contributed by atoms with Gasteiger partial charge in [0.15, 0.2) is 0 Å². The van der Waals surface area contributed by atoms with Crippen LogP contribution in [0.25, 0.3) is 11.3 Å². The van der Waals surface area contributed by atoms with Crippen LogP contribution in [-0.4, -0.2) is 34.4 Å². The van der Waals surface area contributed by atoms with Crippen molar-refractivity contribution in [2.45, 2.75) is 63.3 Å². The molecule has 1 N–H and O–H groups in total. The minimum absolute atomic E-state index is 0.0131. The summed E-state index contributed by atoms with van der Waals surface area (Å²) in [4.78, 5) is 13.3. The molecule has 0 unspecified atom stereocenters. The fraction of sp³-hybridized carbons (Fsp3) is 0.407. The molecule has 3 fully saturated rings. The highest BCUT2D eigenvalue weighted by Gasteiger charge is 2.50. The molecule has 0 radical (unpaired) electrons. The number of piperidine rings is 1. The van der Waals surface area contributed by atoms with Crippen LogP contribution in [0.4, 0.5) is 10.1 Å². The average Bonchev–Trinajstić information content (AvgIpc) is 3.35. The molecule has 36 heavy (non-hydrogen) atoms. The molecule has 1 aliphatic heterocycles. The van der Waals surface area contributed by atoms with Crippen molar-refractivity contribution in [3.8, 4) is 11.3 Å².